The van der Waals surface area contributed by atoms with Gasteiger partial charge >= 0.3 is 0 Å². The molecule has 1 aromatic rings. The largest absolute Gasteiger partial charge is 0.369 e. The molecule has 4 fully saturated rings. The van der Waals surface area contributed by atoms with Crippen LogP contribution >= 0.6 is 0 Å². The average molecular weight is 513 g/mol. The van der Waals surface area contributed by atoms with Gasteiger partial charge in [0.1, 0.15) is 0 Å². The van der Waals surface area contributed by atoms with E-state index in [0.29, 0.717) is 11.9 Å². The Morgan fingerprint density at radius 2 is 1.57 bits per heavy atom. The quantitative estimate of drug-likeness (QED) is 0.194. The number of nitrogens with two attached hydrogens (primary N) is 2. The molecule has 4 heterocycles. The fourth-order valence-electron chi connectivity index (χ4n) is 6.44. The number of hydrogen-bond acceptors (Lipinski definition) is 2. The molecule has 0 aromatic heterocycles. The van der Waals surface area contributed by atoms with Crippen LogP contribution in [0.5, 0.6) is 0 Å². The average Bonchev–Trinajstić information content (AvgIpc) is 2.92. The molecular weight excluding hydrogens is 460 g/mol. The highest BCUT2D eigenvalue weighted by molar-refractivity contribution is 5.93. The smallest absolute Gasteiger partial charge is 0.218 e. The molecule has 4 saturated heterocycles. The summed E-state index contributed by atoms with van der Waals surface area (Å²) >= 11 is 0. The van der Waals surface area contributed by atoms with Crippen LogP contribution in [0, 0.1) is 0 Å². The molecule has 2 bridgehead atoms. The van der Waals surface area contributed by atoms with Crippen LogP contribution in [0.4, 0.5) is 0 Å². The van der Waals surface area contributed by atoms with Crippen molar-refractivity contribution in [1.82, 2.24) is 9.80 Å². The van der Waals surface area contributed by atoms with E-state index in [0.717, 1.165) is 38.9 Å². The van der Waals surface area contributed by atoms with Gasteiger partial charge in [-0.2, -0.15) is 4.99 Å². The minimum atomic E-state index is 0.314. The number of likely N-dealkylation sites (tertiary alicyclic amines) is 1. The molecule has 1 aromatic carbocycles. The Balaban J connectivity index is 1.27. The summed E-state index contributed by atoms with van der Waals surface area (Å²) in [5, 5.41) is 0. The predicted molar refractivity (Wildman–Crippen MR) is 154 cm³/mol. The first-order valence-electron chi connectivity index (χ1n) is 14.8. The molecule has 8 heteroatoms. The summed E-state index contributed by atoms with van der Waals surface area (Å²) < 4.78 is 2.50. The zero-order chi connectivity index (χ0) is 26.0. The third-order valence-electron chi connectivity index (χ3n) is 9.07. The molecule has 37 heavy (non-hydrogen) atoms. The summed E-state index contributed by atoms with van der Waals surface area (Å²) in [7, 11) is 2.40. The van der Waals surface area contributed by atoms with Crippen molar-refractivity contribution in [3.05, 3.63) is 35.9 Å². The normalized spacial score (nSPS) is 25.8. The molecule has 0 saturated carbocycles. The number of benzene rings is 1. The SMILES string of the molecule is C[N+]1(CCCCN=C(N)N=C(N)N(CCC[N+]23CCN(CC2)CC3)CCc2ccccc2)CCCCC1. The maximum atomic E-state index is 6.52. The Morgan fingerprint density at radius 3 is 2.27 bits per heavy atom. The molecule has 5 rings (SSSR count). The van der Waals surface area contributed by atoms with Gasteiger partial charge in [-0.15, -0.1) is 0 Å². The Hall–Kier alpha value is -2.16. The lowest BCUT2D eigenvalue weighted by atomic mass is 10.1. The number of aliphatic imine (C=N–C) groups is 2. The van der Waals surface area contributed by atoms with Crippen LogP contribution in [0.1, 0.15) is 44.1 Å². The number of piperidine rings is 1. The van der Waals surface area contributed by atoms with E-state index in [9.17, 15) is 0 Å². The van der Waals surface area contributed by atoms with E-state index in [4.69, 9.17) is 11.5 Å². The van der Waals surface area contributed by atoms with Gasteiger partial charge in [0, 0.05) is 45.7 Å². The van der Waals surface area contributed by atoms with Crippen molar-refractivity contribution < 1.29 is 8.97 Å². The monoisotopic (exact) mass is 512 g/mol. The van der Waals surface area contributed by atoms with Gasteiger partial charge in [-0.05, 0) is 44.1 Å². The van der Waals surface area contributed by atoms with Gasteiger partial charge in [0.05, 0.1) is 52.9 Å². The Kier molecular flexibility index (Phi) is 10.2. The maximum absolute atomic E-state index is 6.52. The minimum absolute atomic E-state index is 0.314. The van der Waals surface area contributed by atoms with Crippen LogP contribution in [0.15, 0.2) is 40.3 Å². The number of nitrogens with zero attached hydrogens (tertiary/aromatic N) is 6. The molecule has 0 radical (unpaired) electrons. The van der Waals surface area contributed by atoms with Crippen molar-refractivity contribution in [1.29, 1.82) is 0 Å². The number of unbranched alkanes of at least 4 members (excludes halogenated alkanes) is 1. The lowest BCUT2D eigenvalue weighted by Gasteiger charge is -2.50. The number of fused-ring (bicyclic) bond motifs is 3. The van der Waals surface area contributed by atoms with Gasteiger partial charge in [0.2, 0.25) is 5.96 Å². The molecule has 0 aliphatic carbocycles. The topological polar surface area (TPSA) is 83.2 Å². The maximum Gasteiger partial charge on any atom is 0.218 e. The molecule has 0 atom stereocenters. The second kappa shape index (κ2) is 13.6. The van der Waals surface area contributed by atoms with Crippen LogP contribution in [0.25, 0.3) is 0 Å². The molecular formula is C29H52N8+2. The highest BCUT2D eigenvalue weighted by Crippen LogP contribution is 2.20. The van der Waals surface area contributed by atoms with Crippen molar-refractivity contribution in [2.75, 3.05) is 92.1 Å². The van der Waals surface area contributed by atoms with E-state index in [-0.39, 0.29) is 0 Å². The van der Waals surface area contributed by atoms with Crippen LogP contribution in [0.3, 0.4) is 0 Å². The van der Waals surface area contributed by atoms with Crippen molar-refractivity contribution in [2.24, 2.45) is 21.5 Å². The Labute approximate surface area is 225 Å². The second-order valence-electron chi connectivity index (χ2n) is 11.9. The molecule has 0 unspecified atom stereocenters. The van der Waals surface area contributed by atoms with Crippen molar-refractivity contribution in [2.45, 2.75) is 44.9 Å². The lowest BCUT2D eigenvalue weighted by Crippen LogP contribution is -2.67. The minimum Gasteiger partial charge on any atom is -0.369 e. The number of guanidine groups is 2. The lowest BCUT2D eigenvalue weighted by molar-refractivity contribution is -0.941. The van der Waals surface area contributed by atoms with Gasteiger partial charge in [-0.3, -0.25) is 9.89 Å². The summed E-state index contributed by atoms with van der Waals surface area (Å²) in [6.07, 6.45) is 8.45. The van der Waals surface area contributed by atoms with Crippen LogP contribution < -0.4 is 11.5 Å². The molecule has 4 aliphatic rings. The van der Waals surface area contributed by atoms with Gasteiger partial charge in [-0.1, -0.05) is 30.3 Å². The van der Waals surface area contributed by atoms with Crippen molar-refractivity contribution in [3.63, 3.8) is 0 Å². The number of rotatable bonds is 12. The molecule has 206 valence electrons. The van der Waals surface area contributed by atoms with Crippen LogP contribution in [-0.4, -0.2) is 123 Å². The zero-order valence-electron chi connectivity index (χ0n) is 23.4. The van der Waals surface area contributed by atoms with Crippen LogP contribution in [-0.2, 0) is 6.42 Å². The number of hydrogen-bond donors (Lipinski definition) is 2. The van der Waals surface area contributed by atoms with Crippen molar-refractivity contribution >= 4 is 11.9 Å². The molecule has 0 spiro atoms. The number of quaternary nitrogens is 2. The fourth-order valence-corrected chi connectivity index (χ4v) is 6.44. The first-order chi connectivity index (χ1) is 18.0. The second-order valence-corrected chi connectivity index (χ2v) is 11.9. The van der Waals surface area contributed by atoms with Crippen LogP contribution in [0.2, 0.25) is 0 Å². The summed E-state index contributed by atoms with van der Waals surface area (Å²) in [4.78, 5) is 13.9. The van der Waals surface area contributed by atoms with E-state index in [1.165, 1.54) is 106 Å². The van der Waals surface area contributed by atoms with Gasteiger partial charge in [-0.25, -0.2) is 0 Å². The molecule has 8 nitrogen and oxygen atoms in total. The third-order valence-corrected chi connectivity index (χ3v) is 9.07. The highest BCUT2D eigenvalue weighted by atomic mass is 15.5. The summed E-state index contributed by atoms with van der Waals surface area (Å²) in [5.41, 5.74) is 14.1. The third kappa shape index (κ3) is 8.69. The first kappa shape index (κ1) is 27.9. The van der Waals surface area contributed by atoms with Gasteiger partial charge in [0.15, 0.2) is 5.96 Å². The molecule has 4 aliphatic heterocycles. The first-order valence-corrected chi connectivity index (χ1v) is 14.8. The fraction of sp³-hybridized carbons (Fsp3) is 0.724. The van der Waals surface area contributed by atoms with E-state index >= 15 is 0 Å². The summed E-state index contributed by atoms with van der Waals surface area (Å²) in [6.45, 7) is 15.3. The zero-order valence-corrected chi connectivity index (χ0v) is 23.4. The molecule has 0 amide bonds. The van der Waals surface area contributed by atoms with Gasteiger partial charge in [0.25, 0.3) is 0 Å². The number of piperazine rings is 3. The van der Waals surface area contributed by atoms with E-state index in [1.54, 1.807) is 0 Å². The summed E-state index contributed by atoms with van der Waals surface area (Å²) in [6, 6.07) is 10.6. The predicted octanol–water partition coefficient (Wildman–Crippen LogP) is 2.11. The Morgan fingerprint density at radius 1 is 0.865 bits per heavy atom. The van der Waals surface area contributed by atoms with E-state index < -0.39 is 0 Å². The Bertz CT molecular complexity index is 855. The van der Waals surface area contributed by atoms with Gasteiger partial charge < -0.3 is 25.3 Å². The molecule has 4 N–H and O–H groups in total. The van der Waals surface area contributed by atoms with E-state index in [1.807, 2.05) is 0 Å². The summed E-state index contributed by atoms with van der Waals surface area (Å²) in [5.74, 6) is 0.821. The highest BCUT2D eigenvalue weighted by Gasteiger charge is 2.37. The standard InChI is InChI=1S/C29H52N8/c1-36(20-7-3-8-21-36)22-9-6-14-32-28(30)33-29(31)35(16-13-27-11-4-2-5-12-27)15-10-23-37-24-17-34(18-25-37)19-26-37/h2,4-5,11-12H,3,6-10,13-26H2,1H3,(H4,30,31,32,33)/q+2. The van der Waals surface area contributed by atoms with E-state index in [2.05, 4.69) is 57.2 Å². The van der Waals surface area contributed by atoms with Crippen molar-refractivity contribution in [3.8, 4) is 0 Å².